The Labute approximate surface area is 133 Å². The molecule has 0 spiro atoms. The fraction of sp³-hybridized carbons (Fsp3) is 0.444. The lowest BCUT2D eigenvalue weighted by Gasteiger charge is -2.22. The van der Waals surface area contributed by atoms with Crippen LogP contribution in [-0.4, -0.2) is 12.5 Å². The maximum atomic E-state index is 11.9. The van der Waals surface area contributed by atoms with E-state index < -0.39 is 0 Å². The van der Waals surface area contributed by atoms with Gasteiger partial charge in [0.2, 0.25) is 0 Å². The Hall–Kier alpha value is -2.28. The van der Waals surface area contributed by atoms with E-state index >= 15 is 0 Å². The number of carbonyl (C=O) groups is 1. The van der Waals surface area contributed by atoms with Crippen LogP contribution >= 0.6 is 0 Å². The number of carbonyl (C=O) groups excluding carboxylic acids is 1. The Morgan fingerprint density at radius 3 is 2.59 bits per heavy atom. The van der Waals surface area contributed by atoms with E-state index in [0.29, 0.717) is 6.54 Å². The summed E-state index contributed by atoms with van der Waals surface area (Å²) in [5.41, 5.74) is 2.10. The van der Waals surface area contributed by atoms with Gasteiger partial charge in [0, 0.05) is 18.4 Å². The molecule has 1 aromatic rings. The second-order valence-corrected chi connectivity index (χ2v) is 6.22. The van der Waals surface area contributed by atoms with E-state index in [9.17, 15) is 4.79 Å². The Morgan fingerprint density at radius 1 is 1.32 bits per heavy atom. The van der Waals surface area contributed by atoms with Crippen LogP contribution in [0.5, 0.6) is 0 Å². The zero-order valence-electron chi connectivity index (χ0n) is 13.9. The number of nitrogens with zero attached hydrogens (tertiary/aromatic N) is 1. The number of unbranched alkanes of at least 4 members (excludes halogenated alkanes) is 1. The topological polar surface area (TPSA) is 64.9 Å². The monoisotopic (exact) mass is 299 g/mol. The fourth-order valence-corrected chi connectivity index (χ4v) is 2.04. The van der Waals surface area contributed by atoms with Crippen molar-refractivity contribution < 1.29 is 4.79 Å². The van der Waals surface area contributed by atoms with Gasteiger partial charge in [-0.3, -0.25) is 4.79 Å². The molecule has 1 rings (SSSR count). The van der Waals surface area contributed by atoms with Gasteiger partial charge in [0.15, 0.2) is 0 Å². The Morgan fingerprint density at radius 2 is 2.00 bits per heavy atom. The minimum absolute atomic E-state index is 0.0202. The summed E-state index contributed by atoms with van der Waals surface area (Å²) >= 11 is 0. The summed E-state index contributed by atoms with van der Waals surface area (Å²) in [7, 11) is 0. The summed E-state index contributed by atoms with van der Waals surface area (Å²) in [6.45, 7) is 9.02. The van der Waals surface area contributed by atoms with Crippen LogP contribution in [0.3, 0.4) is 0 Å². The van der Waals surface area contributed by atoms with Crippen molar-refractivity contribution in [2.24, 2.45) is 0 Å². The molecule has 0 saturated heterocycles. The average molecular weight is 299 g/mol. The molecule has 0 bridgehead atoms. The summed E-state index contributed by atoms with van der Waals surface area (Å²) in [4.78, 5) is 11.9. The fourth-order valence-electron chi connectivity index (χ4n) is 2.04. The number of amides is 1. The third kappa shape index (κ3) is 5.25. The zero-order chi connectivity index (χ0) is 16.6. The van der Waals surface area contributed by atoms with Crippen LogP contribution in [0.25, 0.3) is 0 Å². The van der Waals surface area contributed by atoms with E-state index in [2.05, 4.69) is 38.3 Å². The lowest BCUT2D eigenvalue weighted by molar-refractivity contribution is -0.117. The van der Waals surface area contributed by atoms with Crippen molar-refractivity contribution in [1.82, 2.24) is 5.32 Å². The molecule has 0 fully saturated rings. The molecule has 0 aliphatic carbocycles. The largest absolute Gasteiger partial charge is 0.360 e. The highest BCUT2D eigenvalue weighted by Crippen LogP contribution is 2.29. The molecule has 0 aromatic heterocycles. The molecule has 0 atom stereocenters. The van der Waals surface area contributed by atoms with E-state index in [4.69, 9.17) is 5.26 Å². The molecule has 4 nitrogen and oxygen atoms in total. The number of para-hydroxylation sites is 1. The Balaban J connectivity index is 2.86. The van der Waals surface area contributed by atoms with Gasteiger partial charge in [0.05, 0.1) is 0 Å². The molecule has 2 N–H and O–H groups in total. The van der Waals surface area contributed by atoms with Crippen LogP contribution in [-0.2, 0) is 10.2 Å². The number of anilines is 1. The first-order chi connectivity index (χ1) is 10.4. The lowest BCUT2D eigenvalue weighted by atomic mass is 9.86. The molecule has 0 aliphatic heterocycles. The highest BCUT2D eigenvalue weighted by Gasteiger charge is 2.17. The maximum Gasteiger partial charge on any atom is 0.263 e. The van der Waals surface area contributed by atoms with Crippen LogP contribution in [0.1, 0.15) is 46.1 Å². The molecule has 1 aromatic carbocycles. The summed E-state index contributed by atoms with van der Waals surface area (Å²) in [5.74, 6) is -0.336. The minimum atomic E-state index is -0.336. The van der Waals surface area contributed by atoms with Gasteiger partial charge in [-0.25, -0.2) is 0 Å². The van der Waals surface area contributed by atoms with Gasteiger partial charge in [-0.15, -0.1) is 0 Å². The number of hydrogen-bond acceptors (Lipinski definition) is 3. The summed E-state index contributed by atoms with van der Waals surface area (Å²) in [6.07, 6.45) is 3.39. The summed E-state index contributed by atoms with van der Waals surface area (Å²) in [5, 5.41) is 15.0. The van der Waals surface area contributed by atoms with Crippen molar-refractivity contribution in [2.75, 3.05) is 11.9 Å². The predicted octanol–water partition coefficient (Wildman–Crippen LogP) is 3.72. The van der Waals surface area contributed by atoms with Crippen molar-refractivity contribution in [3.63, 3.8) is 0 Å². The van der Waals surface area contributed by atoms with Gasteiger partial charge in [-0.2, -0.15) is 5.26 Å². The standard InChI is InChI=1S/C18H25N3O/c1-5-6-11-20-17(22)14(12-19)13-21-16-10-8-7-9-15(16)18(2,3)4/h7-10,13,21H,5-6,11H2,1-4H3,(H,20,22)/b14-13-. The molecule has 1 amide bonds. The molecule has 0 radical (unpaired) electrons. The van der Waals surface area contributed by atoms with Crippen LogP contribution in [0.15, 0.2) is 36.0 Å². The molecule has 4 heteroatoms. The molecule has 22 heavy (non-hydrogen) atoms. The number of nitrogens with one attached hydrogen (secondary N) is 2. The average Bonchev–Trinajstić information content (AvgIpc) is 2.47. The third-order valence-corrected chi connectivity index (χ3v) is 3.29. The first kappa shape index (κ1) is 17.8. The van der Waals surface area contributed by atoms with Crippen molar-refractivity contribution in [1.29, 1.82) is 5.26 Å². The van der Waals surface area contributed by atoms with Gasteiger partial charge in [-0.1, -0.05) is 52.3 Å². The van der Waals surface area contributed by atoms with Crippen LogP contribution in [0.4, 0.5) is 5.69 Å². The lowest BCUT2D eigenvalue weighted by Crippen LogP contribution is -2.26. The molecule has 0 aliphatic rings. The number of benzene rings is 1. The normalized spacial score (nSPS) is 11.7. The highest BCUT2D eigenvalue weighted by atomic mass is 16.1. The molecule has 118 valence electrons. The molecule has 0 unspecified atom stereocenters. The van der Waals surface area contributed by atoms with Crippen LogP contribution in [0.2, 0.25) is 0 Å². The summed E-state index contributed by atoms with van der Waals surface area (Å²) in [6, 6.07) is 9.85. The van der Waals surface area contributed by atoms with Gasteiger partial charge < -0.3 is 10.6 Å². The smallest absolute Gasteiger partial charge is 0.263 e. The van der Waals surface area contributed by atoms with Crippen LogP contribution < -0.4 is 10.6 Å². The number of nitriles is 1. The number of rotatable bonds is 6. The first-order valence-corrected chi connectivity index (χ1v) is 7.64. The summed E-state index contributed by atoms with van der Waals surface area (Å²) < 4.78 is 0. The third-order valence-electron chi connectivity index (χ3n) is 3.29. The SMILES string of the molecule is CCCCNC(=O)/C(C#N)=C\Nc1ccccc1C(C)(C)C. The van der Waals surface area contributed by atoms with E-state index in [-0.39, 0.29) is 16.9 Å². The highest BCUT2D eigenvalue weighted by molar-refractivity contribution is 5.97. The van der Waals surface area contributed by atoms with Crippen LogP contribution in [0, 0.1) is 11.3 Å². The van der Waals surface area contributed by atoms with Gasteiger partial charge in [-0.05, 0) is 23.5 Å². The molecular formula is C18H25N3O. The zero-order valence-corrected chi connectivity index (χ0v) is 13.9. The predicted molar refractivity (Wildman–Crippen MR) is 90.4 cm³/mol. The van der Waals surface area contributed by atoms with E-state index in [1.54, 1.807) is 0 Å². The first-order valence-electron chi connectivity index (χ1n) is 7.64. The Bertz CT molecular complexity index is 577. The van der Waals surface area contributed by atoms with E-state index in [1.807, 2.05) is 30.3 Å². The molecule has 0 heterocycles. The molecular weight excluding hydrogens is 274 g/mol. The van der Waals surface area contributed by atoms with E-state index in [1.165, 1.54) is 6.20 Å². The van der Waals surface area contributed by atoms with Crippen molar-refractivity contribution in [2.45, 2.75) is 46.0 Å². The van der Waals surface area contributed by atoms with Gasteiger partial charge in [0.1, 0.15) is 11.6 Å². The Kier molecular flexibility index (Phi) is 6.65. The van der Waals surface area contributed by atoms with Crippen molar-refractivity contribution in [3.05, 3.63) is 41.6 Å². The second-order valence-electron chi connectivity index (χ2n) is 6.22. The quantitative estimate of drug-likeness (QED) is 0.478. The van der Waals surface area contributed by atoms with Crippen molar-refractivity contribution >= 4 is 11.6 Å². The van der Waals surface area contributed by atoms with Gasteiger partial charge >= 0.3 is 0 Å². The van der Waals surface area contributed by atoms with Crippen molar-refractivity contribution in [3.8, 4) is 6.07 Å². The second kappa shape index (κ2) is 8.23. The molecule has 0 saturated carbocycles. The maximum absolute atomic E-state index is 11.9. The van der Waals surface area contributed by atoms with E-state index in [0.717, 1.165) is 24.1 Å². The van der Waals surface area contributed by atoms with Gasteiger partial charge in [0.25, 0.3) is 5.91 Å². The number of hydrogen-bond donors (Lipinski definition) is 2. The minimum Gasteiger partial charge on any atom is -0.360 e.